The average molecular weight is 337 g/mol. The maximum atomic E-state index is 12.8. The quantitative estimate of drug-likeness (QED) is 0.785. The summed E-state index contributed by atoms with van der Waals surface area (Å²) in [5.74, 6) is 0.666. The van der Waals surface area contributed by atoms with Gasteiger partial charge in [0.2, 0.25) is 0 Å². The lowest BCUT2D eigenvalue weighted by molar-refractivity contribution is 0.00387. The van der Waals surface area contributed by atoms with E-state index in [1.54, 1.807) is 0 Å². The molecular formula is C16H17ClN2O2S. The number of rotatable bonds is 2. The van der Waals surface area contributed by atoms with Gasteiger partial charge in [-0.3, -0.25) is 4.79 Å². The zero-order valence-electron chi connectivity index (χ0n) is 12.3. The van der Waals surface area contributed by atoms with E-state index >= 15 is 0 Å². The third-order valence-electron chi connectivity index (χ3n) is 4.36. The topological polar surface area (TPSA) is 42.4 Å². The number of amides is 1. The molecule has 0 aromatic carbocycles. The van der Waals surface area contributed by atoms with Gasteiger partial charge in [-0.1, -0.05) is 11.6 Å². The number of aromatic nitrogens is 1. The highest BCUT2D eigenvalue weighted by molar-refractivity contribution is 7.20. The number of hydrogen-bond donors (Lipinski definition) is 0. The summed E-state index contributed by atoms with van der Waals surface area (Å²) in [6, 6.07) is 4.08. The minimum absolute atomic E-state index is 0.0802. The fraction of sp³-hybridized carbons (Fsp3) is 0.500. The molecule has 2 fully saturated rings. The van der Waals surface area contributed by atoms with Gasteiger partial charge in [0.05, 0.1) is 24.1 Å². The van der Waals surface area contributed by atoms with E-state index in [1.807, 2.05) is 24.0 Å². The molecule has 0 bridgehead atoms. The van der Waals surface area contributed by atoms with Gasteiger partial charge in [-0.25, -0.2) is 4.98 Å². The Labute approximate surface area is 138 Å². The van der Waals surface area contributed by atoms with Crippen LogP contribution in [0.15, 0.2) is 12.1 Å². The molecular weight excluding hydrogens is 320 g/mol. The fourth-order valence-electron chi connectivity index (χ4n) is 3.01. The summed E-state index contributed by atoms with van der Waals surface area (Å²) < 4.78 is 5.41. The van der Waals surface area contributed by atoms with Gasteiger partial charge in [-0.05, 0) is 43.4 Å². The summed E-state index contributed by atoms with van der Waals surface area (Å²) in [5.41, 5.74) is 1.25. The highest BCUT2D eigenvalue weighted by atomic mass is 35.5. The number of halogens is 1. The van der Waals surface area contributed by atoms with Crippen LogP contribution in [-0.2, 0) is 4.74 Å². The van der Waals surface area contributed by atoms with E-state index in [9.17, 15) is 4.79 Å². The SMILES string of the molecule is C[C@H]1COCCN1C(=O)c1cc2c(C3CC3)cc(Cl)nc2s1. The first-order valence-corrected chi connectivity index (χ1v) is 8.81. The Morgan fingerprint density at radius 1 is 1.45 bits per heavy atom. The minimum Gasteiger partial charge on any atom is -0.377 e. The number of carbonyl (C=O) groups is 1. The Morgan fingerprint density at radius 2 is 2.27 bits per heavy atom. The Hall–Kier alpha value is -1.17. The first kappa shape index (κ1) is 14.4. The largest absolute Gasteiger partial charge is 0.377 e. The first-order valence-electron chi connectivity index (χ1n) is 7.62. The van der Waals surface area contributed by atoms with Gasteiger partial charge in [0.25, 0.3) is 5.91 Å². The van der Waals surface area contributed by atoms with Gasteiger partial charge >= 0.3 is 0 Å². The summed E-state index contributed by atoms with van der Waals surface area (Å²) in [4.78, 5) is 20.7. The van der Waals surface area contributed by atoms with Gasteiger partial charge in [0.15, 0.2) is 0 Å². The summed E-state index contributed by atoms with van der Waals surface area (Å²) in [7, 11) is 0. The van der Waals surface area contributed by atoms with Crippen LogP contribution in [0.2, 0.25) is 5.15 Å². The number of nitrogens with zero attached hydrogens (tertiary/aromatic N) is 2. The van der Waals surface area contributed by atoms with Gasteiger partial charge in [-0.2, -0.15) is 0 Å². The highest BCUT2D eigenvalue weighted by Gasteiger charge is 2.29. The number of morpholine rings is 1. The average Bonchev–Trinajstić information content (AvgIpc) is 3.25. The molecule has 1 atom stereocenters. The van der Waals surface area contributed by atoms with Crippen molar-refractivity contribution < 1.29 is 9.53 Å². The van der Waals surface area contributed by atoms with Crippen LogP contribution in [0.25, 0.3) is 10.2 Å². The molecule has 0 radical (unpaired) electrons. The van der Waals surface area contributed by atoms with E-state index in [-0.39, 0.29) is 11.9 Å². The number of pyridine rings is 1. The summed E-state index contributed by atoms with van der Waals surface area (Å²) >= 11 is 7.59. The lowest BCUT2D eigenvalue weighted by Gasteiger charge is -2.32. The van der Waals surface area contributed by atoms with Gasteiger partial charge in [0, 0.05) is 11.9 Å². The molecule has 2 aliphatic rings. The van der Waals surface area contributed by atoms with Crippen LogP contribution in [0.5, 0.6) is 0 Å². The molecule has 116 valence electrons. The van der Waals surface area contributed by atoms with Crippen molar-refractivity contribution in [3.8, 4) is 0 Å². The number of thiophene rings is 1. The molecule has 3 heterocycles. The van der Waals surface area contributed by atoms with Crippen LogP contribution in [0.1, 0.15) is 40.9 Å². The van der Waals surface area contributed by atoms with Crippen LogP contribution in [-0.4, -0.2) is 41.6 Å². The zero-order valence-corrected chi connectivity index (χ0v) is 13.9. The number of carbonyl (C=O) groups excluding carboxylic acids is 1. The van der Waals surface area contributed by atoms with E-state index in [2.05, 4.69) is 4.98 Å². The maximum Gasteiger partial charge on any atom is 0.264 e. The van der Waals surface area contributed by atoms with Gasteiger partial charge < -0.3 is 9.64 Å². The van der Waals surface area contributed by atoms with Crippen LogP contribution < -0.4 is 0 Å². The Bertz CT molecular complexity index is 741. The normalized spacial score (nSPS) is 22.3. The third-order valence-corrected chi connectivity index (χ3v) is 5.57. The van der Waals surface area contributed by atoms with E-state index in [0.29, 0.717) is 30.8 Å². The van der Waals surface area contributed by atoms with Crippen molar-refractivity contribution in [3.63, 3.8) is 0 Å². The number of ether oxygens (including phenoxy) is 1. The molecule has 4 nitrogen and oxygen atoms in total. The predicted molar refractivity (Wildman–Crippen MR) is 87.9 cm³/mol. The Balaban J connectivity index is 1.73. The van der Waals surface area contributed by atoms with Crippen molar-refractivity contribution in [1.29, 1.82) is 0 Å². The molecule has 2 aromatic rings. The summed E-state index contributed by atoms with van der Waals surface area (Å²) in [6.45, 7) is 3.89. The van der Waals surface area contributed by atoms with E-state index in [4.69, 9.17) is 16.3 Å². The lowest BCUT2D eigenvalue weighted by Crippen LogP contribution is -2.46. The lowest BCUT2D eigenvalue weighted by atomic mass is 10.1. The molecule has 1 saturated heterocycles. The molecule has 2 aromatic heterocycles. The molecule has 0 N–H and O–H groups in total. The predicted octanol–water partition coefficient (Wildman–Crippen LogP) is 3.69. The molecule has 1 amide bonds. The van der Waals surface area contributed by atoms with Crippen molar-refractivity contribution in [3.05, 3.63) is 27.7 Å². The smallest absolute Gasteiger partial charge is 0.264 e. The van der Waals surface area contributed by atoms with Crippen molar-refractivity contribution in [2.24, 2.45) is 0 Å². The van der Waals surface area contributed by atoms with Crippen LogP contribution in [0.3, 0.4) is 0 Å². The molecule has 0 spiro atoms. The monoisotopic (exact) mass is 336 g/mol. The van der Waals surface area contributed by atoms with Crippen molar-refractivity contribution in [1.82, 2.24) is 9.88 Å². The van der Waals surface area contributed by atoms with E-state index in [1.165, 1.54) is 29.7 Å². The Kier molecular flexibility index (Phi) is 3.59. The number of hydrogen-bond acceptors (Lipinski definition) is 4. The maximum absolute atomic E-state index is 12.8. The second-order valence-electron chi connectivity index (χ2n) is 6.06. The summed E-state index contributed by atoms with van der Waals surface area (Å²) in [5, 5.41) is 1.62. The second-order valence-corrected chi connectivity index (χ2v) is 7.48. The van der Waals surface area contributed by atoms with Crippen LogP contribution in [0, 0.1) is 0 Å². The van der Waals surface area contributed by atoms with E-state index < -0.39 is 0 Å². The molecule has 1 aliphatic carbocycles. The molecule has 22 heavy (non-hydrogen) atoms. The zero-order chi connectivity index (χ0) is 15.3. The summed E-state index contributed by atoms with van der Waals surface area (Å²) in [6.07, 6.45) is 2.41. The van der Waals surface area contributed by atoms with Gasteiger partial charge in [-0.15, -0.1) is 11.3 Å². The highest BCUT2D eigenvalue weighted by Crippen LogP contribution is 2.45. The van der Waals surface area contributed by atoms with E-state index in [0.717, 1.165) is 15.1 Å². The molecule has 0 unspecified atom stereocenters. The first-order chi connectivity index (χ1) is 10.6. The van der Waals surface area contributed by atoms with Crippen LogP contribution >= 0.6 is 22.9 Å². The van der Waals surface area contributed by atoms with Crippen molar-refractivity contribution in [2.75, 3.05) is 19.8 Å². The Morgan fingerprint density at radius 3 is 3.00 bits per heavy atom. The standard InChI is InChI=1S/C16H17ClN2O2S/c1-9-8-21-5-4-19(9)16(20)13-6-12-11(10-2-3-10)7-14(17)18-15(12)22-13/h6-7,9-10H,2-5,8H2,1H3/t9-/m0/s1. The molecule has 1 saturated carbocycles. The molecule has 1 aliphatic heterocycles. The van der Waals surface area contributed by atoms with Gasteiger partial charge in [0.1, 0.15) is 9.98 Å². The molecule has 6 heteroatoms. The minimum atomic E-state index is 0.0802. The van der Waals surface area contributed by atoms with Crippen molar-refractivity contribution >= 4 is 39.1 Å². The second kappa shape index (κ2) is 5.48. The van der Waals surface area contributed by atoms with Crippen molar-refractivity contribution in [2.45, 2.75) is 31.7 Å². The van der Waals surface area contributed by atoms with Crippen LogP contribution in [0.4, 0.5) is 0 Å². The molecule has 4 rings (SSSR count). The number of fused-ring (bicyclic) bond motifs is 1. The third kappa shape index (κ3) is 2.51. The fourth-order valence-corrected chi connectivity index (χ4v) is 4.29.